The van der Waals surface area contributed by atoms with Crippen LogP contribution in [0.2, 0.25) is 0 Å². The van der Waals surface area contributed by atoms with E-state index in [9.17, 15) is 5.11 Å². The van der Waals surface area contributed by atoms with E-state index in [1.807, 2.05) is 0 Å². The van der Waals surface area contributed by atoms with Crippen molar-refractivity contribution in [3.8, 4) is 0 Å². The fourth-order valence-electron chi connectivity index (χ4n) is 3.51. The topological polar surface area (TPSA) is 84.5 Å². The average Bonchev–Trinajstić information content (AvgIpc) is 2.83. The molecule has 4 aliphatic rings. The second-order valence-electron chi connectivity index (χ2n) is 5.77. The van der Waals surface area contributed by atoms with E-state index in [4.69, 9.17) is 10.1 Å². The lowest BCUT2D eigenvalue weighted by Crippen LogP contribution is -2.51. The van der Waals surface area contributed by atoms with Crippen LogP contribution in [0.5, 0.6) is 0 Å². The van der Waals surface area contributed by atoms with Crippen LogP contribution in [-0.4, -0.2) is 71.0 Å². The highest BCUT2D eigenvalue weighted by Crippen LogP contribution is 2.45. The van der Waals surface area contributed by atoms with Gasteiger partial charge in [0.2, 0.25) is 5.96 Å². The van der Waals surface area contributed by atoms with Crippen LogP contribution in [-0.2, 0) is 4.74 Å². The number of nitrogens with one attached hydrogen (secondary N) is 1. The van der Waals surface area contributed by atoms with E-state index in [0.717, 1.165) is 19.3 Å². The van der Waals surface area contributed by atoms with Crippen molar-refractivity contribution in [2.24, 2.45) is 10.1 Å². The molecule has 4 unspecified atom stereocenters. The van der Waals surface area contributed by atoms with Gasteiger partial charge in [-0.15, -0.1) is 0 Å². The van der Waals surface area contributed by atoms with Gasteiger partial charge in [-0.25, -0.2) is 5.01 Å². The largest absolute Gasteiger partial charge is 0.385 e. The monoisotopic (exact) mass is 279 g/mol. The highest BCUT2D eigenvalue weighted by molar-refractivity contribution is 5.96. The molecule has 0 saturated carbocycles. The minimum Gasteiger partial charge on any atom is -0.385 e. The zero-order chi connectivity index (χ0) is 14.4. The molecule has 4 rings (SSSR count). The fraction of sp³-hybridized carbons (Fsp3) is 0.769. The first-order valence-corrected chi connectivity index (χ1v) is 7.00. The lowest BCUT2D eigenvalue weighted by Gasteiger charge is -2.38. The summed E-state index contributed by atoms with van der Waals surface area (Å²) in [6, 6.07) is 0.700. The molecule has 7 heteroatoms. The number of amidine groups is 1. The van der Waals surface area contributed by atoms with Crippen molar-refractivity contribution in [1.29, 1.82) is 5.41 Å². The third-order valence-electron chi connectivity index (χ3n) is 4.44. The van der Waals surface area contributed by atoms with Gasteiger partial charge in [0.1, 0.15) is 6.10 Å². The summed E-state index contributed by atoms with van der Waals surface area (Å²) >= 11 is 0. The van der Waals surface area contributed by atoms with Crippen LogP contribution >= 0.6 is 0 Å². The van der Waals surface area contributed by atoms with Crippen LogP contribution in [0.15, 0.2) is 10.1 Å². The molecule has 2 N–H and O–H groups in total. The third kappa shape index (κ3) is 2.01. The van der Waals surface area contributed by atoms with Crippen LogP contribution in [0.4, 0.5) is 0 Å². The number of hydrazone groups is 1. The number of hydrogen-bond acceptors (Lipinski definition) is 4. The van der Waals surface area contributed by atoms with E-state index in [1.54, 1.807) is 12.1 Å². The molecule has 4 heterocycles. The van der Waals surface area contributed by atoms with Crippen LogP contribution < -0.4 is 0 Å². The number of guanidine groups is 1. The summed E-state index contributed by atoms with van der Waals surface area (Å²) in [6.45, 7) is 5.07. The maximum Gasteiger partial charge on any atom is 0.224 e. The Labute approximate surface area is 118 Å². The van der Waals surface area contributed by atoms with Crippen molar-refractivity contribution in [3.05, 3.63) is 0 Å². The van der Waals surface area contributed by atoms with Crippen LogP contribution in [0.25, 0.3) is 0 Å². The molecule has 0 aromatic rings. The summed E-state index contributed by atoms with van der Waals surface area (Å²) in [5.74, 6) is 0.529. The molecule has 0 aromatic carbocycles. The maximum absolute atomic E-state index is 9.49. The number of aliphatic hydroxyl groups is 1. The van der Waals surface area contributed by atoms with Gasteiger partial charge >= 0.3 is 0 Å². The van der Waals surface area contributed by atoms with E-state index in [0.29, 0.717) is 24.1 Å². The zero-order valence-corrected chi connectivity index (χ0v) is 11.9. The lowest BCUT2D eigenvalue weighted by atomic mass is 10.0. The van der Waals surface area contributed by atoms with Crippen molar-refractivity contribution in [3.63, 3.8) is 0 Å². The van der Waals surface area contributed by atoms with Gasteiger partial charge in [0.05, 0.1) is 18.2 Å². The Hall–Kier alpha value is -1.47. The van der Waals surface area contributed by atoms with Crippen LogP contribution in [0.1, 0.15) is 26.2 Å². The summed E-state index contributed by atoms with van der Waals surface area (Å²) in [5, 5.41) is 22.8. The molecule has 4 saturated heterocycles. The lowest BCUT2D eigenvalue weighted by molar-refractivity contribution is 0.00706. The second kappa shape index (κ2) is 4.82. The van der Waals surface area contributed by atoms with Crippen molar-refractivity contribution in [2.45, 2.75) is 56.6 Å². The van der Waals surface area contributed by atoms with Gasteiger partial charge in [-0.1, -0.05) is 0 Å². The normalized spacial score (nSPS) is 36.4. The van der Waals surface area contributed by atoms with Gasteiger partial charge < -0.3 is 14.7 Å². The Morgan fingerprint density at radius 3 is 2.85 bits per heavy atom. The zero-order valence-electron chi connectivity index (χ0n) is 11.9. The molecule has 0 spiro atoms. The molecule has 0 aromatic heterocycles. The Morgan fingerprint density at radius 1 is 1.50 bits per heavy atom. The van der Waals surface area contributed by atoms with Gasteiger partial charge in [-0.2, -0.15) is 10.1 Å². The highest BCUT2D eigenvalue weighted by atomic mass is 16.5. The molecular weight excluding hydrogens is 258 g/mol. The number of hydrogen-bond donors (Lipinski definition) is 2. The first-order valence-electron chi connectivity index (χ1n) is 7.00. The minimum absolute atomic E-state index is 0.0614. The van der Waals surface area contributed by atoms with Crippen LogP contribution in [0, 0.1) is 5.41 Å². The molecule has 110 valence electrons. The van der Waals surface area contributed by atoms with E-state index in [1.165, 1.54) is 6.92 Å². The third-order valence-corrected chi connectivity index (χ3v) is 4.44. The van der Waals surface area contributed by atoms with Gasteiger partial charge in [0.25, 0.3) is 0 Å². The molecule has 4 fully saturated rings. The van der Waals surface area contributed by atoms with E-state index >= 15 is 0 Å². The first kappa shape index (κ1) is 13.5. The van der Waals surface area contributed by atoms with Crippen molar-refractivity contribution < 1.29 is 9.84 Å². The Morgan fingerprint density at radius 2 is 2.25 bits per heavy atom. The standard InChI is InChI=1S/C13H21N5O2/c1-7(19)12(14)16-13(17(3)15-2)18-8-4-9-6-10(18)11(5-8)20-9/h7-11,14,19H,2,4-6H2,1,3H3/t7?,8?,9?,10?,11-/m1/s1. The quantitative estimate of drug-likeness (QED) is 0.431. The Bertz CT molecular complexity index is 460. The summed E-state index contributed by atoms with van der Waals surface area (Å²) in [4.78, 5) is 6.48. The average molecular weight is 279 g/mol. The molecule has 20 heavy (non-hydrogen) atoms. The second-order valence-corrected chi connectivity index (χ2v) is 5.77. The minimum atomic E-state index is -0.893. The summed E-state index contributed by atoms with van der Waals surface area (Å²) in [6.07, 6.45) is 2.76. The van der Waals surface area contributed by atoms with Crippen molar-refractivity contribution in [2.75, 3.05) is 7.05 Å². The summed E-state index contributed by atoms with van der Waals surface area (Å²) in [5.41, 5.74) is 0. The number of nitrogens with zero attached hydrogens (tertiary/aromatic N) is 4. The van der Waals surface area contributed by atoms with E-state index < -0.39 is 6.10 Å². The number of aliphatic imine (C=N–C) groups is 1. The van der Waals surface area contributed by atoms with Gasteiger partial charge in [0.15, 0.2) is 5.84 Å². The molecule has 4 bridgehead atoms. The number of piperidine rings is 1. The predicted molar refractivity (Wildman–Crippen MR) is 76.1 cm³/mol. The Kier molecular flexibility index (Phi) is 3.25. The van der Waals surface area contributed by atoms with Gasteiger partial charge in [0, 0.05) is 19.8 Å². The first-order chi connectivity index (χ1) is 9.51. The maximum atomic E-state index is 9.49. The molecule has 4 aliphatic heterocycles. The molecule has 5 atom stereocenters. The smallest absolute Gasteiger partial charge is 0.224 e. The SMILES string of the molecule is C=NN(C)C(=NC(=N)C(C)O)N1C2CC3CC1[C@@H](C2)O3. The predicted octanol–water partition coefficient (Wildman–Crippen LogP) is 0.252. The Balaban J connectivity index is 1.90. The van der Waals surface area contributed by atoms with Crippen molar-refractivity contribution in [1.82, 2.24) is 9.91 Å². The summed E-state index contributed by atoms with van der Waals surface area (Å²) < 4.78 is 5.93. The van der Waals surface area contributed by atoms with E-state index in [-0.39, 0.29) is 11.9 Å². The number of rotatable bonds is 2. The van der Waals surface area contributed by atoms with Gasteiger partial charge in [-0.3, -0.25) is 5.41 Å². The highest BCUT2D eigenvalue weighted by Gasteiger charge is 2.55. The molecule has 0 amide bonds. The fourth-order valence-corrected chi connectivity index (χ4v) is 3.51. The number of ether oxygens (including phenoxy) is 1. The van der Waals surface area contributed by atoms with E-state index in [2.05, 4.69) is 21.7 Å². The summed E-state index contributed by atoms with van der Waals surface area (Å²) in [7, 11) is 1.76. The molecule has 0 radical (unpaired) electrons. The molecule has 7 nitrogen and oxygen atoms in total. The molecular formula is C13H21N5O2. The molecule has 0 aliphatic carbocycles. The van der Waals surface area contributed by atoms with Gasteiger partial charge in [-0.05, 0) is 26.2 Å². The van der Waals surface area contributed by atoms with Crippen molar-refractivity contribution >= 4 is 18.5 Å². The number of aliphatic hydroxyl groups excluding tert-OH is 1. The van der Waals surface area contributed by atoms with Crippen LogP contribution in [0.3, 0.4) is 0 Å².